The van der Waals surface area contributed by atoms with Crippen LogP contribution in [0.4, 0.5) is 0 Å². The number of rotatable bonds is 3. The largest absolute Gasteiger partial charge is 0.329 e. The number of hydrogen-bond donors (Lipinski definition) is 1. The molecule has 2 aliphatic rings. The van der Waals surface area contributed by atoms with Gasteiger partial charge in [-0.25, -0.2) is 0 Å². The Bertz CT molecular complexity index is 463. The van der Waals surface area contributed by atoms with Crippen LogP contribution in [0.3, 0.4) is 0 Å². The highest BCUT2D eigenvalue weighted by Crippen LogP contribution is 2.32. The lowest BCUT2D eigenvalue weighted by Crippen LogP contribution is -2.59. The van der Waals surface area contributed by atoms with Crippen molar-refractivity contribution in [2.24, 2.45) is 5.73 Å². The van der Waals surface area contributed by atoms with Crippen molar-refractivity contribution in [2.75, 3.05) is 32.7 Å². The predicted octanol–water partition coefficient (Wildman–Crippen LogP) is 2.25. The maximum absolute atomic E-state index is 6.27. The molecule has 1 aromatic rings. The molecule has 21 heavy (non-hydrogen) atoms. The van der Waals surface area contributed by atoms with Crippen LogP contribution in [0.25, 0.3) is 0 Å². The number of piperidine rings is 1. The van der Waals surface area contributed by atoms with E-state index >= 15 is 0 Å². The van der Waals surface area contributed by atoms with Gasteiger partial charge in [0.1, 0.15) is 0 Å². The second-order valence-electron chi connectivity index (χ2n) is 6.66. The van der Waals surface area contributed by atoms with Gasteiger partial charge in [-0.3, -0.25) is 4.90 Å². The van der Waals surface area contributed by atoms with Crippen molar-refractivity contribution in [1.29, 1.82) is 0 Å². The van der Waals surface area contributed by atoms with Crippen LogP contribution < -0.4 is 5.73 Å². The van der Waals surface area contributed by atoms with Crippen LogP contribution in [0.5, 0.6) is 0 Å². The van der Waals surface area contributed by atoms with Gasteiger partial charge in [-0.2, -0.15) is 0 Å². The monoisotopic (exact) mass is 287 g/mol. The maximum atomic E-state index is 6.27. The van der Waals surface area contributed by atoms with E-state index in [1.165, 1.54) is 63.0 Å². The van der Waals surface area contributed by atoms with Gasteiger partial charge in [0.05, 0.1) is 0 Å². The summed E-state index contributed by atoms with van der Waals surface area (Å²) in [6.45, 7) is 8.91. The van der Waals surface area contributed by atoms with Crippen molar-refractivity contribution in [3.05, 3.63) is 35.4 Å². The molecule has 1 aromatic carbocycles. The van der Waals surface area contributed by atoms with Crippen LogP contribution in [0.15, 0.2) is 24.3 Å². The van der Waals surface area contributed by atoms with Crippen molar-refractivity contribution in [3.63, 3.8) is 0 Å². The van der Waals surface area contributed by atoms with Crippen LogP contribution in [-0.2, 0) is 13.0 Å². The Morgan fingerprint density at radius 2 is 1.81 bits per heavy atom. The molecule has 0 spiro atoms. The predicted molar refractivity (Wildman–Crippen MR) is 88.3 cm³/mol. The number of hydrogen-bond acceptors (Lipinski definition) is 3. The Balaban J connectivity index is 1.78. The number of aryl methyl sites for hydroxylation is 1. The summed E-state index contributed by atoms with van der Waals surface area (Å²) >= 11 is 0. The molecule has 0 aromatic heterocycles. The van der Waals surface area contributed by atoms with Crippen LogP contribution in [0.1, 0.15) is 37.3 Å². The van der Waals surface area contributed by atoms with E-state index in [0.29, 0.717) is 0 Å². The third-order valence-corrected chi connectivity index (χ3v) is 5.64. The van der Waals surface area contributed by atoms with E-state index in [2.05, 4.69) is 41.0 Å². The molecule has 116 valence electrons. The van der Waals surface area contributed by atoms with Crippen molar-refractivity contribution in [1.82, 2.24) is 9.80 Å². The topological polar surface area (TPSA) is 32.5 Å². The Morgan fingerprint density at radius 1 is 1.10 bits per heavy atom. The van der Waals surface area contributed by atoms with Gasteiger partial charge in [-0.1, -0.05) is 31.2 Å². The van der Waals surface area contributed by atoms with E-state index in [4.69, 9.17) is 5.73 Å². The van der Waals surface area contributed by atoms with Gasteiger partial charge in [-0.15, -0.1) is 0 Å². The van der Waals surface area contributed by atoms with E-state index in [9.17, 15) is 0 Å². The number of fused-ring (bicyclic) bond motifs is 1. The summed E-state index contributed by atoms with van der Waals surface area (Å²) < 4.78 is 0. The summed E-state index contributed by atoms with van der Waals surface area (Å²) in [5.74, 6) is 0. The number of benzene rings is 1. The molecule has 1 fully saturated rings. The summed E-state index contributed by atoms with van der Waals surface area (Å²) in [6, 6.07) is 8.96. The normalized spacial score (nSPS) is 23.5. The second-order valence-corrected chi connectivity index (χ2v) is 6.66. The fraction of sp³-hybridized carbons (Fsp3) is 0.667. The van der Waals surface area contributed by atoms with Gasteiger partial charge >= 0.3 is 0 Å². The minimum absolute atomic E-state index is 0.225. The summed E-state index contributed by atoms with van der Waals surface area (Å²) in [7, 11) is 0. The molecule has 2 N–H and O–H groups in total. The third-order valence-electron chi connectivity index (χ3n) is 5.64. The Labute approximate surface area is 129 Å². The zero-order valence-electron chi connectivity index (χ0n) is 13.4. The zero-order chi connectivity index (χ0) is 14.7. The van der Waals surface area contributed by atoms with Crippen molar-refractivity contribution in [3.8, 4) is 0 Å². The summed E-state index contributed by atoms with van der Waals surface area (Å²) in [6.07, 6.45) is 4.92. The zero-order valence-corrected chi connectivity index (χ0v) is 13.4. The van der Waals surface area contributed by atoms with Gasteiger partial charge in [-0.05, 0) is 63.0 Å². The molecule has 2 aliphatic heterocycles. The molecule has 0 aliphatic carbocycles. The molecule has 1 saturated heterocycles. The molecule has 0 saturated carbocycles. The van der Waals surface area contributed by atoms with Gasteiger partial charge in [0.2, 0.25) is 0 Å². The molecule has 0 bridgehead atoms. The SMILES string of the molecule is CCN1CCC(CN)(N2CCCc3ccccc3C2)CC1. The molecule has 3 heteroatoms. The fourth-order valence-electron chi connectivity index (χ4n) is 4.04. The molecule has 0 unspecified atom stereocenters. The first-order valence-electron chi connectivity index (χ1n) is 8.52. The fourth-order valence-corrected chi connectivity index (χ4v) is 4.04. The quantitative estimate of drug-likeness (QED) is 0.925. The van der Waals surface area contributed by atoms with E-state index in [0.717, 1.165) is 13.1 Å². The first kappa shape index (κ1) is 15.0. The number of nitrogens with two attached hydrogens (primary N) is 1. The van der Waals surface area contributed by atoms with E-state index < -0.39 is 0 Å². The molecule has 3 rings (SSSR count). The Morgan fingerprint density at radius 3 is 2.48 bits per heavy atom. The Hall–Kier alpha value is -0.900. The van der Waals surface area contributed by atoms with Crippen LogP contribution in [-0.4, -0.2) is 48.1 Å². The van der Waals surface area contributed by atoms with E-state index in [1.54, 1.807) is 0 Å². The second kappa shape index (κ2) is 6.47. The molecule has 0 radical (unpaired) electrons. The maximum Gasteiger partial charge on any atom is 0.0359 e. The molecule has 3 nitrogen and oxygen atoms in total. The molecule has 0 amide bonds. The average molecular weight is 287 g/mol. The van der Waals surface area contributed by atoms with Gasteiger partial charge in [0.25, 0.3) is 0 Å². The first-order valence-corrected chi connectivity index (χ1v) is 8.52. The molecular formula is C18H29N3. The minimum Gasteiger partial charge on any atom is -0.329 e. The lowest BCUT2D eigenvalue weighted by Gasteiger charge is -2.48. The van der Waals surface area contributed by atoms with Crippen LogP contribution in [0, 0.1) is 0 Å². The summed E-state index contributed by atoms with van der Waals surface area (Å²) in [5.41, 5.74) is 9.55. The third kappa shape index (κ3) is 3.01. The molecular weight excluding hydrogens is 258 g/mol. The highest BCUT2D eigenvalue weighted by molar-refractivity contribution is 5.28. The van der Waals surface area contributed by atoms with Gasteiger partial charge in [0, 0.05) is 18.6 Å². The van der Waals surface area contributed by atoms with Crippen molar-refractivity contribution < 1.29 is 0 Å². The first-order chi connectivity index (χ1) is 10.3. The van der Waals surface area contributed by atoms with Crippen molar-refractivity contribution >= 4 is 0 Å². The molecule has 2 heterocycles. The summed E-state index contributed by atoms with van der Waals surface area (Å²) in [4.78, 5) is 5.26. The number of nitrogens with zero attached hydrogens (tertiary/aromatic N) is 2. The minimum atomic E-state index is 0.225. The van der Waals surface area contributed by atoms with Gasteiger partial charge < -0.3 is 10.6 Å². The molecule has 0 atom stereocenters. The lowest BCUT2D eigenvalue weighted by atomic mass is 9.85. The van der Waals surface area contributed by atoms with E-state index in [1.807, 2.05) is 0 Å². The van der Waals surface area contributed by atoms with Crippen molar-refractivity contribution in [2.45, 2.75) is 44.7 Å². The highest BCUT2D eigenvalue weighted by atomic mass is 15.2. The summed E-state index contributed by atoms with van der Waals surface area (Å²) in [5, 5.41) is 0. The standard InChI is InChI=1S/C18H29N3/c1-2-20-12-9-18(15-19,10-13-20)21-11-5-8-16-6-3-4-7-17(16)14-21/h3-4,6-7H,2,5,8-15,19H2,1H3. The number of likely N-dealkylation sites (tertiary alicyclic amines) is 1. The van der Waals surface area contributed by atoms with Crippen LogP contribution in [0.2, 0.25) is 0 Å². The lowest BCUT2D eigenvalue weighted by molar-refractivity contribution is 0.0231. The van der Waals surface area contributed by atoms with Crippen LogP contribution >= 0.6 is 0 Å². The van der Waals surface area contributed by atoms with E-state index in [-0.39, 0.29) is 5.54 Å². The highest BCUT2D eigenvalue weighted by Gasteiger charge is 2.38. The van der Waals surface area contributed by atoms with Gasteiger partial charge in [0.15, 0.2) is 0 Å². The smallest absolute Gasteiger partial charge is 0.0359 e. The average Bonchev–Trinajstić information content (AvgIpc) is 2.77. The Kier molecular flexibility index (Phi) is 4.63.